The number of ether oxygens (including phenoxy) is 3. The quantitative estimate of drug-likeness (QED) is 0.0261. The van der Waals surface area contributed by atoms with Crippen LogP contribution in [0.5, 0.6) is 0 Å². The molecule has 0 amide bonds. The smallest absolute Gasteiger partial charge is 0.306 e. The van der Waals surface area contributed by atoms with E-state index >= 15 is 0 Å². The number of carbonyl (C=O) groups is 3. The molecule has 0 heterocycles. The van der Waals surface area contributed by atoms with Gasteiger partial charge in [-0.3, -0.25) is 14.4 Å². The first-order valence-corrected chi connectivity index (χ1v) is 31.8. The predicted octanol–water partition coefficient (Wildman–Crippen LogP) is 21.6. The summed E-state index contributed by atoms with van der Waals surface area (Å²) in [7, 11) is 0. The fourth-order valence-electron chi connectivity index (χ4n) is 9.30. The van der Waals surface area contributed by atoms with Gasteiger partial charge in [-0.05, 0) is 64.2 Å². The van der Waals surface area contributed by atoms with Gasteiger partial charge in [-0.1, -0.05) is 306 Å². The third-order valence-electron chi connectivity index (χ3n) is 14.0. The molecule has 0 aliphatic carbocycles. The Morgan fingerprint density at radius 2 is 0.534 bits per heavy atom. The Labute approximate surface area is 453 Å². The van der Waals surface area contributed by atoms with Gasteiger partial charge in [0.25, 0.3) is 0 Å². The first kappa shape index (κ1) is 70.1. The molecule has 0 aromatic heterocycles. The molecule has 0 aliphatic heterocycles. The second-order valence-electron chi connectivity index (χ2n) is 21.3. The van der Waals surface area contributed by atoms with E-state index in [9.17, 15) is 14.4 Å². The Balaban J connectivity index is 4.36. The van der Waals surface area contributed by atoms with E-state index in [1.807, 2.05) is 0 Å². The Morgan fingerprint density at radius 1 is 0.288 bits per heavy atom. The molecule has 0 bridgehead atoms. The van der Waals surface area contributed by atoms with Gasteiger partial charge in [-0.2, -0.15) is 0 Å². The standard InChI is InChI=1S/C67H120O6/c1-4-7-10-13-16-19-22-25-28-30-32-33-35-37-40-42-45-48-51-54-57-60-66(69)72-63-64(73-67(70)61-58-55-52-49-46-43-38-27-24-21-18-15-12-9-6-3)62-71-65(68)59-56-53-50-47-44-41-39-36-34-31-29-26-23-20-17-14-11-8-5-2/h8,11,17,20,26,29,34,36,41,44,64H,4-7,9-10,12-16,18-19,21-25,27-28,30-33,35,37-40,42-43,45-63H2,1-3H3/b11-8-,20-17-,29-26-,36-34-,44-41-/t64-/m1/s1. The number of allylic oxidation sites excluding steroid dienone is 10. The number of hydrogen-bond acceptors (Lipinski definition) is 6. The number of rotatable bonds is 58. The highest BCUT2D eigenvalue weighted by molar-refractivity contribution is 5.71. The molecule has 0 aliphatic rings. The van der Waals surface area contributed by atoms with Crippen molar-refractivity contribution in [1.29, 1.82) is 0 Å². The molecule has 6 nitrogen and oxygen atoms in total. The predicted molar refractivity (Wildman–Crippen MR) is 316 cm³/mol. The van der Waals surface area contributed by atoms with Gasteiger partial charge in [0.2, 0.25) is 0 Å². The van der Waals surface area contributed by atoms with Crippen LogP contribution in [-0.2, 0) is 28.6 Å². The number of hydrogen-bond donors (Lipinski definition) is 0. The second kappa shape index (κ2) is 61.7. The molecule has 0 aromatic carbocycles. The molecule has 1 atom stereocenters. The summed E-state index contributed by atoms with van der Waals surface area (Å²) in [6.07, 6.45) is 78.0. The van der Waals surface area contributed by atoms with Crippen LogP contribution in [0.3, 0.4) is 0 Å². The highest BCUT2D eigenvalue weighted by Gasteiger charge is 2.19. The molecule has 0 radical (unpaired) electrons. The van der Waals surface area contributed by atoms with E-state index in [0.717, 1.165) is 96.3 Å². The molecule has 0 fully saturated rings. The van der Waals surface area contributed by atoms with Crippen molar-refractivity contribution in [3.05, 3.63) is 60.8 Å². The third-order valence-corrected chi connectivity index (χ3v) is 14.0. The van der Waals surface area contributed by atoms with Crippen LogP contribution in [0, 0.1) is 0 Å². The Hall–Kier alpha value is -2.89. The van der Waals surface area contributed by atoms with Gasteiger partial charge in [0.1, 0.15) is 13.2 Å². The largest absolute Gasteiger partial charge is 0.462 e. The highest BCUT2D eigenvalue weighted by atomic mass is 16.6. The summed E-state index contributed by atoms with van der Waals surface area (Å²) in [6.45, 7) is 6.55. The summed E-state index contributed by atoms with van der Waals surface area (Å²) in [6, 6.07) is 0. The summed E-state index contributed by atoms with van der Waals surface area (Å²) >= 11 is 0. The molecule has 0 spiro atoms. The number of carbonyl (C=O) groups excluding carboxylic acids is 3. The first-order valence-electron chi connectivity index (χ1n) is 31.8. The monoisotopic (exact) mass is 1020 g/mol. The van der Waals surface area contributed by atoms with Gasteiger partial charge in [-0.25, -0.2) is 0 Å². The van der Waals surface area contributed by atoms with E-state index in [4.69, 9.17) is 14.2 Å². The summed E-state index contributed by atoms with van der Waals surface area (Å²) in [5.41, 5.74) is 0. The van der Waals surface area contributed by atoms with Crippen LogP contribution in [0.1, 0.15) is 329 Å². The Kier molecular flexibility index (Phi) is 59.2. The van der Waals surface area contributed by atoms with Crippen LogP contribution < -0.4 is 0 Å². The molecule has 424 valence electrons. The van der Waals surface area contributed by atoms with Crippen LogP contribution in [0.25, 0.3) is 0 Å². The van der Waals surface area contributed by atoms with E-state index in [-0.39, 0.29) is 31.1 Å². The fourth-order valence-corrected chi connectivity index (χ4v) is 9.30. The van der Waals surface area contributed by atoms with Gasteiger partial charge < -0.3 is 14.2 Å². The molecular weight excluding hydrogens is 901 g/mol. The van der Waals surface area contributed by atoms with Crippen molar-refractivity contribution in [3.8, 4) is 0 Å². The first-order chi connectivity index (χ1) is 36.0. The zero-order valence-corrected chi connectivity index (χ0v) is 48.7. The topological polar surface area (TPSA) is 78.9 Å². The molecule has 0 saturated heterocycles. The molecule has 0 aromatic rings. The van der Waals surface area contributed by atoms with E-state index in [1.165, 1.54) is 193 Å². The summed E-state index contributed by atoms with van der Waals surface area (Å²) in [5, 5.41) is 0. The molecule has 0 unspecified atom stereocenters. The van der Waals surface area contributed by atoms with Crippen LogP contribution in [0.4, 0.5) is 0 Å². The molecule has 0 saturated carbocycles. The normalized spacial score (nSPS) is 12.4. The minimum Gasteiger partial charge on any atom is -0.462 e. The van der Waals surface area contributed by atoms with E-state index in [1.54, 1.807) is 0 Å². The van der Waals surface area contributed by atoms with Crippen molar-refractivity contribution >= 4 is 17.9 Å². The van der Waals surface area contributed by atoms with Gasteiger partial charge in [0, 0.05) is 19.3 Å². The fraction of sp³-hybridized carbons (Fsp3) is 0.806. The molecule has 0 rings (SSSR count). The Bertz CT molecular complexity index is 1310. The van der Waals surface area contributed by atoms with Crippen molar-refractivity contribution < 1.29 is 28.6 Å². The van der Waals surface area contributed by atoms with Gasteiger partial charge in [0.05, 0.1) is 0 Å². The van der Waals surface area contributed by atoms with Crippen LogP contribution in [0.2, 0.25) is 0 Å². The van der Waals surface area contributed by atoms with Crippen molar-refractivity contribution in [2.75, 3.05) is 13.2 Å². The van der Waals surface area contributed by atoms with Gasteiger partial charge >= 0.3 is 17.9 Å². The molecule has 0 N–H and O–H groups in total. The van der Waals surface area contributed by atoms with E-state index < -0.39 is 6.10 Å². The zero-order valence-electron chi connectivity index (χ0n) is 48.7. The maximum atomic E-state index is 12.9. The lowest BCUT2D eigenvalue weighted by Gasteiger charge is -2.18. The minimum atomic E-state index is -0.785. The van der Waals surface area contributed by atoms with E-state index in [0.29, 0.717) is 19.3 Å². The maximum absolute atomic E-state index is 12.9. The zero-order chi connectivity index (χ0) is 52.9. The molecular formula is C67H120O6. The van der Waals surface area contributed by atoms with Gasteiger partial charge in [-0.15, -0.1) is 0 Å². The summed E-state index contributed by atoms with van der Waals surface area (Å²) in [4.78, 5) is 38.3. The van der Waals surface area contributed by atoms with E-state index in [2.05, 4.69) is 81.5 Å². The number of unbranched alkanes of at least 4 members (excludes halogenated alkanes) is 37. The van der Waals surface area contributed by atoms with Gasteiger partial charge in [0.15, 0.2) is 6.10 Å². The van der Waals surface area contributed by atoms with Crippen molar-refractivity contribution in [2.24, 2.45) is 0 Å². The van der Waals surface area contributed by atoms with Crippen molar-refractivity contribution in [2.45, 2.75) is 335 Å². The lowest BCUT2D eigenvalue weighted by Crippen LogP contribution is -2.30. The van der Waals surface area contributed by atoms with Crippen LogP contribution in [0.15, 0.2) is 60.8 Å². The maximum Gasteiger partial charge on any atom is 0.306 e. The van der Waals surface area contributed by atoms with Crippen molar-refractivity contribution in [1.82, 2.24) is 0 Å². The van der Waals surface area contributed by atoms with Crippen molar-refractivity contribution in [3.63, 3.8) is 0 Å². The minimum absolute atomic E-state index is 0.0801. The average molecular weight is 1020 g/mol. The third kappa shape index (κ3) is 59.9. The lowest BCUT2D eigenvalue weighted by molar-refractivity contribution is -0.167. The molecule has 6 heteroatoms. The highest BCUT2D eigenvalue weighted by Crippen LogP contribution is 2.17. The second-order valence-corrected chi connectivity index (χ2v) is 21.3. The lowest BCUT2D eigenvalue weighted by atomic mass is 10.0. The van der Waals surface area contributed by atoms with Crippen LogP contribution in [-0.4, -0.2) is 37.2 Å². The summed E-state index contributed by atoms with van der Waals surface area (Å²) < 4.78 is 16.9. The number of esters is 3. The summed E-state index contributed by atoms with van der Waals surface area (Å²) in [5.74, 6) is -0.893. The van der Waals surface area contributed by atoms with Crippen LogP contribution >= 0.6 is 0 Å². The Morgan fingerprint density at radius 3 is 0.836 bits per heavy atom. The SMILES string of the molecule is CC/C=C\C/C=C\C/C=C\C/C=C\C/C=C\CCCCCC(=O)OC[C@H](COC(=O)CCCCCCCCCCCCCCCCCCCCCCC)OC(=O)CCCCCCCCCCCCCCCCC. The average Bonchev–Trinajstić information content (AvgIpc) is 3.39. The molecule has 73 heavy (non-hydrogen) atoms.